The van der Waals surface area contributed by atoms with E-state index in [1.54, 1.807) is 36.4 Å². The molecule has 27 heavy (non-hydrogen) atoms. The zero-order valence-corrected chi connectivity index (χ0v) is 16.9. The number of sulfonamides is 1. The number of nitrogens with zero attached hydrogens (tertiary/aromatic N) is 1. The number of halogens is 1. The molecule has 1 heterocycles. The van der Waals surface area contributed by atoms with E-state index in [1.165, 1.54) is 12.1 Å². The number of carbonyl (C=O) groups is 1. The maximum absolute atomic E-state index is 12.7. The third kappa shape index (κ3) is 4.82. The quantitative estimate of drug-likeness (QED) is 0.824. The van der Waals surface area contributed by atoms with Gasteiger partial charge in [-0.05, 0) is 66.8 Å². The van der Waals surface area contributed by atoms with Gasteiger partial charge in [-0.15, -0.1) is 0 Å². The summed E-state index contributed by atoms with van der Waals surface area (Å²) in [6.45, 7) is 5.77. The van der Waals surface area contributed by atoms with Gasteiger partial charge in [-0.2, -0.15) is 0 Å². The molecular weight excluding hydrogens is 384 g/mol. The second kappa shape index (κ2) is 7.90. The van der Waals surface area contributed by atoms with Crippen molar-refractivity contribution in [2.24, 2.45) is 11.8 Å². The van der Waals surface area contributed by atoms with Crippen LogP contribution in [-0.4, -0.2) is 32.3 Å². The van der Waals surface area contributed by atoms with E-state index in [0.29, 0.717) is 28.1 Å². The Morgan fingerprint density at radius 3 is 2.11 bits per heavy atom. The molecular formula is C20H23ClN2O3S. The minimum Gasteiger partial charge on any atom is -0.338 e. The van der Waals surface area contributed by atoms with Crippen molar-refractivity contribution in [1.29, 1.82) is 0 Å². The monoisotopic (exact) mass is 406 g/mol. The van der Waals surface area contributed by atoms with Crippen molar-refractivity contribution in [2.75, 3.05) is 17.8 Å². The molecule has 2 aromatic rings. The van der Waals surface area contributed by atoms with Gasteiger partial charge in [-0.25, -0.2) is 8.42 Å². The second-order valence-electron chi connectivity index (χ2n) is 7.29. The van der Waals surface area contributed by atoms with E-state index in [4.69, 9.17) is 11.6 Å². The molecule has 1 fully saturated rings. The predicted molar refractivity (Wildman–Crippen MR) is 108 cm³/mol. The first-order valence-electron chi connectivity index (χ1n) is 8.92. The summed E-state index contributed by atoms with van der Waals surface area (Å²) in [5.41, 5.74) is 0.928. The van der Waals surface area contributed by atoms with E-state index in [2.05, 4.69) is 18.6 Å². The van der Waals surface area contributed by atoms with E-state index in [1.807, 2.05) is 4.90 Å². The first-order chi connectivity index (χ1) is 12.7. The molecule has 0 aliphatic carbocycles. The molecule has 5 nitrogen and oxygen atoms in total. The number of likely N-dealkylation sites (tertiary alicyclic amines) is 1. The Balaban J connectivity index is 1.74. The molecule has 3 rings (SSSR count). The number of anilines is 1. The maximum atomic E-state index is 12.7. The molecule has 0 bridgehead atoms. The van der Waals surface area contributed by atoms with Gasteiger partial charge in [-0.3, -0.25) is 9.52 Å². The molecule has 2 unspecified atom stereocenters. The van der Waals surface area contributed by atoms with Gasteiger partial charge in [0.05, 0.1) is 4.90 Å². The lowest BCUT2D eigenvalue weighted by Gasteiger charge is -2.35. The van der Waals surface area contributed by atoms with Gasteiger partial charge in [0.25, 0.3) is 15.9 Å². The molecule has 2 aromatic carbocycles. The summed E-state index contributed by atoms with van der Waals surface area (Å²) in [5, 5.41) is 0.530. The van der Waals surface area contributed by atoms with E-state index < -0.39 is 10.0 Å². The maximum Gasteiger partial charge on any atom is 0.261 e. The highest BCUT2D eigenvalue weighted by molar-refractivity contribution is 7.92. The summed E-state index contributed by atoms with van der Waals surface area (Å²) >= 11 is 5.82. The summed E-state index contributed by atoms with van der Waals surface area (Å²) < 4.78 is 27.5. The summed E-state index contributed by atoms with van der Waals surface area (Å²) in [4.78, 5) is 14.7. The molecule has 0 saturated carbocycles. The number of nitrogens with one attached hydrogen (secondary N) is 1. The highest BCUT2D eigenvalue weighted by Gasteiger charge is 2.26. The average molecular weight is 407 g/mol. The Bertz CT molecular complexity index is 901. The SMILES string of the molecule is CC1CC(C)CN(C(=O)c2ccc(S(=O)(=O)Nc3ccc(Cl)cc3)cc2)C1. The molecule has 144 valence electrons. The third-order valence-corrected chi connectivity index (χ3v) is 6.31. The minimum atomic E-state index is -3.73. The smallest absolute Gasteiger partial charge is 0.261 e. The largest absolute Gasteiger partial charge is 0.338 e. The van der Waals surface area contributed by atoms with Crippen LogP contribution in [0.1, 0.15) is 30.6 Å². The second-order valence-corrected chi connectivity index (χ2v) is 9.41. The lowest BCUT2D eigenvalue weighted by atomic mass is 9.91. The van der Waals surface area contributed by atoms with Gasteiger partial charge in [0, 0.05) is 29.4 Å². The van der Waals surface area contributed by atoms with Crippen molar-refractivity contribution in [2.45, 2.75) is 25.2 Å². The fraction of sp³-hybridized carbons (Fsp3) is 0.350. The van der Waals surface area contributed by atoms with Crippen molar-refractivity contribution in [3.63, 3.8) is 0 Å². The molecule has 7 heteroatoms. The van der Waals surface area contributed by atoms with Gasteiger partial charge in [0.15, 0.2) is 0 Å². The fourth-order valence-electron chi connectivity index (χ4n) is 3.52. The summed E-state index contributed by atoms with van der Waals surface area (Å²) in [7, 11) is -3.73. The molecule has 1 aliphatic heterocycles. The Hall–Kier alpha value is -2.05. The Morgan fingerprint density at radius 2 is 1.56 bits per heavy atom. The fourth-order valence-corrected chi connectivity index (χ4v) is 4.70. The minimum absolute atomic E-state index is 0.0528. The van der Waals surface area contributed by atoms with Crippen LogP contribution in [0.15, 0.2) is 53.4 Å². The summed E-state index contributed by atoms with van der Waals surface area (Å²) in [6, 6.07) is 12.5. The Morgan fingerprint density at radius 1 is 1.00 bits per heavy atom. The number of amides is 1. The summed E-state index contributed by atoms with van der Waals surface area (Å²) in [5.74, 6) is 0.893. The highest BCUT2D eigenvalue weighted by atomic mass is 35.5. The van der Waals surface area contributed by atoms with Crippen molar-refractivity contribution in [1.82, 2.24) is 4.90 Å². The van der Waals surface area contributed by atoms with Crippen molar-refractivity contribution >= 4 is 33.2 Å². The normalized spacial score (nSPS) is 20.3. The van der Waals surface area contributed by atoms with Crippen molar-refractivity contribution in [3.8, 4) is 0 Å². The van der Waals surface area contributed by atoms with E-state index in [-0.39, 0.29) is 10.8 Å². The number of hydrogen-bond donors (Lipinski definition) is 1. The number of benzene rings is 2. The van der Waals surface area contributed by atoms with Gasteiger partial charge in [0.1, 0.15) is 0 Å². The molecule has 0 aromatic heterocycles. The highest BCUT2D eigenvalue weighted by Crippen LogP contribution is 2.23. The van der Waals surface area contributed by atoms with E-state index in [9.17, 15) is 13.2 Å². The molecule has 1 saturated heterocycles. The average Bonchev–Trinajstić information content (AvgIpc) is 2.62. The van der Waals surface area contributed by atoms with Crippen LogP contribution in [0.25, 0.3) is 0 Å². The van der Waals surface area contributed by atoms with E-state index in [0.717, 1.165) is 19.5 Å². The lowest BCUT2D eigenvalue weighted by molar-refractivity contribution is 0.0623. The van der Waals surface area contributed by atoms with Gasteiger partial charge in [0.2, 0.25) is 0 Å². The lowest BCUT2D eigenvalue weighted by Crippen LogP contribution is -2.42. The molecule has 0 radical (unpaired) electrons. The topological polar surface area (TPSA) is 66.5 Å². The van der Waals surface area contributed by atoms with E-state index >= 15 is 0 Å². The first-order valence-corrected chi connectivity index (χ1v) is 10.8. The van der Waals surface area contributed by atoms with Gasteiger partial charge < -0.3 is 4.90 Å². The molecule has 1 aliphatic rings. The van der Waals surface area contributed by atoms with Crippen LogP contribution in [0.2, 0.25) is 5.02 Å². The summed E-state index contributed by atoms with van der Waals surface area (Å²) in [6.07, 6.45) is 1.12. The molecule has 2 atom stereocenters. The zero-order valence-electron chi connectivity index (χ0n) is 15.4. The molecule has 1 amide bonds. The Kier molecular flexibility index (Phi) is 5.77. The van der Waals surface area contributed by atoms with Crippen LogP contribution in [-0.2, 0) is 10.0 Å². The van der Waals surface area contributed by atoms with Crippen LogP contribution in [0.3, 0.4) is 0 Å². The zero-order chi connectivity index (χ0) is 19.6. The van der Waals surface area contributed by atoms with Gasteiger partial charge in [-0.1, -0.05) is 25.4 Å². The van der Waals surface area contributed by atoms with Crippen molar-refractivity contribution < 1.29 is 13.2 Å². The molecule has 0 spiro atoms. The number of rotatable bonds is 4. The number of piperidine rings is 1. The predicted octanol–water partition coefficient (Wildman–Crippen LogP) is 4.26. The van der Waals surface area contributed by atoms with Crippen molar-refractivity contribution in [3.05, 3.63) is 59.1 Å². The third-order valence-electron chi connectivity index (χ3n) is 4.66. The standard InChI is InChI=1S/C20H23ClN2O3S/c1-14-11-15(2)13-23(12-14)20(24)16-3-9-19(10-4-16)27(25,26)22-18-7-5-17(21)6-8-18/h3-10,14-15,22H,11-13H2,1-2H3. The van der Waals surface area contributed by atoms with Crippen LogP contribution >= 0.6 is 11.6 Å². The van der Waals surface area contributed by atoms with Gasteiger partial charge >= 0.3 is 0 Å². The number of hydrogen-bond acceptors (Lipinski definition) is 3. The van der Waals surface area contributed by atoms with Crippen LogP contribution < -0.4 is 4.72 Å². The molecule has 1 N–H and O–H groups in total. The first kappa shape index (κ1) is 19.7. The Labute approximate surface area is 165 Å². The number of carbonyl (C=O) groups excluding carboxylic acids is 1. The van der Waals surface area contributed by atoms with Crippen LogP contribution in [0.5, 0.6) is 0 Å². The van der Waals surface area contributed by atoms with Crippen LogP contribution in [0.4, 0.5) is 5.69 Å². The van der Waals surface area contributed by atoms with Crippen LogP contribution in [0, 0.1) is 11.8 Å².